The van der Waals surface area contributed by atoms with Gasteiger partial charge in [0.05, 0.1) is 5.03 Å². The second-order valence-corrected chi connectivity index (χ2v) is 8.28. The van der Waals surface area contributed by atoms with Gasteiger partial charge in [-0.05, 0) is 87.0 Å². The Morgan fingerprint density at radius 1 is 1.17 bits per heavy atom. The molecule has 0 saturated carbocycles. The number of allylic oxidation sites excluding steroid dienone is 1. The van der Waals surface area contributed by atoms with E-state index < -0.39 is 11.6 Å². The van der Waals surface area contributed by atoms with Crippen molar-refractivity contribution in [3.05, 3.63) is 58.9 Å². The maximum absolute atomic E-state index is 12.5. The lowest BCUT2D eigenvalue weighted by atomic mass is 10.0. The number of carbonyl (C=O) groups excluding carboxylic acids is 1. The van der Waals surface area contributed by atoms with Gasteiger partial charge in [-0.25, -0.2) is 9.78 Å². The largest absolute Gasteiger partial charge is 0.478 e. The molecular formula is C23H23NO5S. The van der Waals surface area contributed by atoms with E-state index in [1.54, 1.807) is 12.1 Å². The van der Waals surface area contributed by atoms with Crippen LogP contribution in [-0.2, 0) is 4.79 Å². The molecule has 0 fully saturated rings. The van der Waals surface area contributed by atoms with E-state index in [4.69, 9.17) is 9.15 Å². The van der Waals surface area contributed by atoms with Gasteiger partial charge in [-0.2, -0.15) is 0 Å². The predicted molar refractivity (Wildman–Crippen MR) is 117 cm³/mol. The fraction of sp³-hybridized carbons (Fsp3) is 0.261. The summed E-state index contributed by atoms with van der Waals surface area (Å²) in [5, 5.41) is 10.9. The minimum atomic E-state index is -1.34. The van der Waals surface area contributed by atoms with E-state index in [0.29, 0.717) is 11.5 Å². The molecule has 0 aliphatic carbocycles. The average Bonchev–Trinajstić information content (AvgIpc) is 3.12. The topological polar surface area (TPSA) is 89.6 Å². The molecule has 0 unspecified atom stereocenters. The number of pyridine rings is 1. The fourth-order valence-corrected chi connectivity index (χ4v) is 3.31. The SMILES string of the molecule is CSc1ccc2cc(C(=O)/C=C/c3cc(C)c(OC(C)(C)C(=O)O)c(C)c3)oc2n1. The van der Waals surface area contributed by atoms with Crippen molar-refractivity contribution < 1.29 is 23.8 Å². The number of thioether (sulfide) groups is 1. The number of hydrogen-bond donors (Lipinski definition) is 1. The molecule has 3 aromatic rings. The van der Waals surface area contributed by atoms with Gasteiger partial charge >= 0.3 is 5.97 Å². The van der Waals surface area contributed by atoms with Crippen molar-refractivity contribution in [3.63, 3.8) is 0 Å². The number of ketones is 1. The summed E-state index contributed by atoms with van der Waals surface area (Å²) in [6.07, 6.45) is 5.07. The number of benzene rings is 1. The van der Waals surface area contributed by atoms with Gasteiger partial charge in [-0.15, -0.1) is 11.8 Å². The summed E-state index contributed by atoms with van der Waals surface area (Å²) in [5.41, 5.74) is 1.47. The van der Waals surface area contributed by atoms with Gasteiger partial charge < -0.3 is 14.3 Å². The second-order valence-electron chi connectivity index (χ2n) is 7.46. The van der Waals surface area contributed by atoms with Crippen molar-refractivity contribution in [3.8, 4) is 5.75 Å². The summed E-state index contributed by atoms with van der Waals surface area (Å²) < 4.78 is 11.3. The number of carboxylic acid groups (broad SMARTS) is 1. The van der Waals surface area contributed by atoms with Crippen LogP contribution in [0.1, 0.15) is 41.1 Å². The molecule has 7 heteroatoms. The van der Waals surface area contributed by atoms with Crippen molar-refractivity contribution in [1.82, 2.24) is 4.98 Å². The van der Waals surface area contributed by atoms with Gasteiger partial charge in [0.2, 0.25) is 11.5 Å². The molecule has 1 N–H and O–H groups in total. The van der Waals surface area contributed by atoms with Crippen molar-refractivity contribution in [2.24, 2.45) is 0 Å². The van der Waals surface area contributed by atoms with Crippen molar-refractivity contribution in [2.45, 2.75) is 38.3 Å². The highest BCUT2D eigenvalue weighted by Gasteiger charge is 2.30. The Morgan fingerprint density at radius 2 is 1.83 bits per heavy atom. The van der Waals surface area contributed by atoms with Crippen molar-refractivity contribution in [1.29, 1.82) is 0 Å². The number of aromatic nitrogens is 1. The molecule has 0 bridgehead atoms. The van der Waals surface area contributed by atoms with Crippen molar-refractivity contribution in [2.75, 3.05) is 6.26 Å². The molecular weight excluding hydrogens is 402 g/mol. The van der Waals surface area contributed by atoms with E-state index in [2.05, 4.69) is 4.98 Å². The van der Waals surface area contributed by atoms with Crippen LogP contribution in [0.3, 0.4) is 0 Å². The Kier molecular flexibility index (Phi) is 6.03. The first kappa shape index (κ1) is 21.6. The van der Waals surface area contributed by atoms with Gasteiger partial charge in [0.25, 0.3) is 0 Å². The minimum Gasteiger partial charge on any atom is -0.478 e. The quantitative estimate of drug-likeness (QED) is 0.312. The summed E-state index contributed by atoms with van der Waals surface area (Å²) in [6.45, 7) is 6.69. The number of nitrogens with zero attached hydrogens (tertiary/aromatic N) is 1. The molecule has 0 aliphatic rings. The second kappa shape index (κ2) is 8.36. The average molecular weight is 426 g/mol. The minimum absolute atomic E-state index is 0.226. The van der Waals surface area contributed by atoms with E-state index in [1.165, 1.54) is 31.7 Å². The fourth-order valence-electron chi connectivity index (χ4n) is 2.93. The summed E-state index contributed by atoms with van der Waals surface area (Å²) in [5.74, 6) is -0.551. The predicted octanol–water partition coefficient (Wildman–Crippen LogP) is 5.30. The van der Waals surface area contributed by atoms with Gasteiger partial charge in [-0.3, -0.25) is 4.79 Å². The molecule has 2 heterocycles. The van der Waals surface area contributed by atoms with Gasteiger partial charge in [0, 0.05) is 5.39 Å². The maximum atomic E-state index is 12.5. The van der Waals surface area contributed by atoms with Crippen LogP contribution in [0, 0.1) is 13.8 Å². The highest BCUT2D eigenvalue weighted by Crippen LogP contribution is 2.29. The molecule has 0 amide bonds. The number of furan rings is 1. The monoisotopic (exact) mass is 425 g/mol. The third kappa shape index (κ3) is 4.57. The van der Waals surface area contributed by atoms with Crippen LogP contribution in [0.5, 0.6) is 5.75 Å². The lowest BCUT2D eigenvalue weighted by molar-refractivity contribution is -0.152. The molecule has 2 aromatic heterocycles. The smallest absolute Gasteiger partial charge is 0.347 e. The van der Waals surface area contributed by atoms with Gasteiger partial charge in [-0.1, -0.05) is 6.08 Å². The lowest BCUT2D eigenvalue weighted by Gasteiger charge is -2.24. The first-order valence-corrected chi connectivity index (χ1v) is 10.5. The standard InChI is InChI=1S/C23H23NO5S/c1-13-10-15(11-14(2)20(13)29-23(3,4)22(26)27)6-8-17(25)18-12-16-7-9-19(30-5)24-21(16)28-18/h6-12H,1-5H3,(H,26,27)/b8-6+. The summed E-state index contributed by atoms with van der Waals surface area (Å²) >= 11 is 1.50. The van der Waals surface area contributed by atoms with E-state index in [9.17, 15) is 14.7 Å². The Bertz CT molecular complexity index is 1140. The zero-order valence-corrected chi connectivity index (χ0v) is 18.3. The number of hydrogen-bond acceptors (Lipinski definition) is 6. The number of aliphatic carboxylic acids is 1. The molecule has 156 valence electrons. The molecule has 0 spiro atoms. The van der Waals surface area contributed by atoms with Crippen molar-refractivity contribution >= 4 is 40.7 Å². The summed E-state index contributed by atoms with van der Waals surface area (Å²) in [4.78, 5) is 28.2. The van der Waals surface area contributed by atoms with E-state index in [-0.39, 0.29) is 11.5 Å². The molecule has 1 aromatic carbocycles. The first-order valence-electron chi connectivity index (χ1n) is 9.31. The van der Waals surface area contributed by atoms with Crippen LogP contribution in [0.25, 0.3) is 17.2 Å². The normalized spacial score (nSPS) is 11.9. The number of carboxylic acids is 1. The highest BCUT2D eigenvalue weighted by atomic mass is 32.2. The zero-order valence-electron chi connectivity index (χ0n) is 17.5. The van der Waals surface area contributed by atoms with Gasteiger partial charge in [0.15, 0.2) is 11.4 Å². The van der Waals surface area contributed by atoms with E-state index in [1.807, 2.05) is 44.4 Å². The zero-order chi connectivity index (χ0) is 22.1. The molecule has 3 rings (SSSR count). The number of rotatable bonds is 7. The third-order valence-corrected chi connectivity index (χ3v) is 5.24. The molecule has 0 saturated heterocycles. The highest BCUT2D eigenvalue weighted by molar-refractivity contribution is 7.98. The van der Waals surface area contributed by atoms with Crippen LogP contribution in [-0.4, -0.2) is 33.7 Å². The molecule has 6 nitrogen and oxygen atoms in total. The van der Waals surface area contributed by atoms with Crippen LogP contribution in [0.2, 0.25) is 0 Å². The lowest BCUT2D eigenvalue weighted by Crippen LogP contribution is -2.38. The number of fused-ring (bicyclic) bond motifs is 1. The summed E-state index contributed by atoms with van der Waals surface area (Å²) in [7, 11) is 0. The van der Waals surface area contributed by atoms with Crippen LogP contribution in [0.4, 0.5) is 0 Å². The van der Waals surface area contributed by atoms with Gasteiger partial charge in [0.1, 0.15) is 5.75 Å². The van der Waals surface area contributed by atoms with Crippen LogP contribution in [0.15, 0.2) is 45.9 Å². The summed E-state index contributed by atoms with van der Waals surface area (Å²) in [6, 6.07) is 9.13. The molecule has 0 aliphatic heterocycles. The number of carbonyl (C=O) groups is 2. The van der Waals surface area contributed by atoms with Crippen LogP contribution < -0.4 is 4.74 Å². The molecule has 0 radical (unpaired) electrons. The maximum Gasteiger partial charge on any atom is 0.347 e. The Hall–Kier alpha value is -3.06. The Balaban J connectivity index is 1.82. The third-order valence-electron chi connectivity index (χ3n) is 4.59. The van der Waals surface area contributed by atoms with Crippen LogP contribution >= 0.6 is 11.8 Å². The molecule has 30 heavy (non-hydrogen) atoms. The Labute approximate surface area is 178 Å². The van der Waals surface area contributed by atoms with E-state index >= 15 is 0 Å². The van der Waals surface area contributed by atoms with E-state index in [0.717, 1.165) is 27.1 Å². The number of ether oxygens (including phenoxy) is 1. The molecule has 0 atom stereocenters. The number of aryl methyl sites for hydroxylation is 2. The Morgan fingerprint density at radius 3 is 2.43 bits per heavy atom. The first-order chi connectivity index (χ1) is 14.1.